The lowest BCUT2D eigenvalue weighted by Crippen LogP contribution is -2.17. The van der Waals surface area contributed by atoms with Crippen LogP contribution in [-0.4, -0.2) is 26.0 Å². The van der Waals surface area contributed by atoms with Crippen molar-refractivity contribution >= 4 is 34.0 Å². The van der Waals surface area contributed by atoms with Gasteiger partial charge in [-0.05, 0) is 31.4 Å². The maximum absolute atomic E-state index is 12.1. The van der Waals surface area contributed by atoms with Gasteiger partial charge in [0.25, 0.3) is 0 Å². The van der Waals surface area contributed by atoms with Crippen molar-refractivity contribution in [3.05, 3.63) is 34.1 Å². The summed E-state index contributed by atoms with van der Waals surface area (Å²) in [7, 11) is 1.77. The third-order valence-electron chi connectivity index (χ3n) is 3.00. The largest absolute Gasteiger partial charge is 0.285 e. The molecule has 0 spiro atoms. The van der Waals surface area contributed by atoms with Crippen LogP contribution < -0.4 is 5.43 Å². The van der Waals surface area contributed by atoms with E-state index in [1.165, 1.54) is 0 Å². The van der Waals surface area contributed by atoms with Gasteiger partial charge in [-0.1, -0.05) is 0 Å². The molecule has 5 nitrogen and oxygen atoms in total. The quantitative estimate of drug-likeness (QED) is 0.500. The number of benzene rings is 1. The molecule has 0 fully saturated rings. The summed E-state index contributed by atoms with van der Waals surface area (Å²) in [6.07, 6.45) is 2.00. The molecular formula is C13H12N4OS. The highest BCUT2D eigenvalue weighted by Crippen LogP contribution is 2.20. The van der Waals surface area contributed by atoms with Gasteiger partial charge in [0.1, 0.15) is 5.69 Å². The molecule has 0 radical (unpaired) electrons. The zero-order valence-electron chi connectivity index (χ0n) is 10.8. The van der Waals surface area contributed by atoms with Gasteiger partial charge in [-0.15, -0.1) is 11.8 Å². The van der Waals surface area contributed by atoms with E-state index in [1.54, 1.807) is 30.4 Å². The van der Waals surface area contributed by atoms with Crippen LogP contribution in [0.5, 0.6) is 0 Å². The van der Waals surface area contributed by atoms with Gasteiger partial charge in [0, 0.05) is 11.9 Å². The molecule has 0 aliphatic rings. The van der Waals surface area contributed by atoms with E-state index in [9.17, 15) is 4.79 Å². The zero-order chi connectivity index (χ0) is 13.6. The van der Waals surface area contributed by atoms with Crippen LogP contribution in [0.3, 0.4) is 0 Å². The van der Waals surface area contributed by atoms with E-state index in [2.05, 4.69) is 15.1 Å². The number of thioether (sulfide) groups is 1. The number of aryl methyl sites for hydroxylation is 2. The van der Waals surface area contributed by atoms with Crippen molar-refractivity contribution in [1.29, 1.82) is 0 Å². The van der Waals surface area contributed by atoms with Gasteiger partial charge in [0.05, 0.1) is 11.0 Å². The molecule has 0 aliphatic heterocycles. The Morgan fingerprint density at radius 1 is 1.21 bits per heavy atom. The number of hydrogen-bond donors (Lipinski definition) is 0. The van der Waals surface area contributed by atoms with Gasteiger partial charge in [-0.25, -0.2) is 14.6 Å². The highest BCUT2D eigenvalue weighted by atomic mass is 32.2. The second-order valence-electron chi connectivity index (χ2n) is 4.29. The van der Waals surface area contributed by atoms with Crippen LogP contribution in [0.2, 0.25) is 0 Å². The van der Waals surface area contributed by atoms with Crippen LogP contribution in [0, 0.1) is 6.92 Å². The monoisotopic (exact) mass is 272 g/mol. The van der Waals surface area contributed by atoms with E-state index in [-0.39, 0.29) is 5.43 Å². The van der Waals surface area contributed by atoms with Crippen LogP contribution in [0.1, 0.15) is 5.69 Å². The summed E-state index contributed by atoms with van der Waals surface area (Å²) in [4.78, 5) is 22.1. The summed E-state index contributed by atoms with van der Waals surface area (Å²) in [5.74, 6) is 0. The molecule has 3 rings (SSSR count). The molecule has 2 heterocycles. The molecule has 0 N–H and O–H groups in total. The molecule has 0 saturated carbocycles. The molecule has 3 aromatic rings. The number of aromatic nitrogens is 4. The standard InChI is InChI=1S/C13H12N4OS/c1-7-12(18)11-13(17(2)16-7)15-9-5-4-8(19-3)6-10(9)14-11/h4-6H,1-3H3. The lowest BCUT2D eigenvalue weighted by Gasteiger charge is -2.06. The van der Waals surface area contributed by atoms with Gasteiger partial charge >= 0.3 is 0 Å². The topological polar surface area (TPSA) is 60.7 Å². The number of fused-ring (bicyclic) bond motifs is 2. The van der Waals surface area contributed by atoms with Crippen molar-refractivity contribution < 1.29 is 0 Å². The van der Waals surface area contributed by atoms with Gasteiger partial charge in [0.2, 0.25) is 5.43 Å². The fourth-order valence-electron chi connectivity index (χ4n) is 2.02. The van der Waals surface area contributed by atoms with E-state index < -0.39 is 0 Å². The van der Waals surface area contributed by atoms with Gasteiger partial charge in [-0.2, -0.15) is 5.10 Å². The molecule has 0 unspecified atom stereocenters. The van der Waals surface area contributed by atoms with E-state index >= 15 is 0 Å². The normalized spacial score (nSPS) is 11.3. The fourth-order valence-corrected chi connectivity index (χ4v) is 2.45. The second kappa shape index (κ2) is 4.31. The summed E-state index contributed by atoms with van der Waals surface area (Å²) < 4.78 is 1.60. The molecule has 0 amide bonds. The predicted octanol–water partition coefficient (Wildman–Crippen LogP) is 1.91. The minimum atomic E-state index is -0.156. The minimum Gasteiger partial charge on any atom is -0.285 e. The van der Waals surface area contributed by atoms with E-state index in [4.69, 9.17) is 0 Å². The average molecular weight is 272 g/mol. The Balaban J connectivity index is 2.48. The first-order valence-electron chi connectivity index (χ1n) is 5.79. The highest BCUT2D eigenvalue weighted by Gasteiger charge is 2.10. The third-order valence-corrected chi connectivity index (χ3v) is 3.73. The SMILES string of the molecule is CSc1ccc2nc3c(nc2c1)c(=O)c(C)nn3C. The van der Waals surface area contributed by atoms with Crippen molar-refractivity contribution in [3.63, 3.8) is 0 Å². The summed E-state index contributed by atoms with van der Waals surface area (Å²) in [6.45, 7) is 1.69. The number of hydrogen-bond acceptors (Lipinski definition) is 5. The maximum Gasteiger partial charge on any atom is 0.230 e. The molecule has 19 heavy (non-hydrogen) atoms. The van der Waals surface area contributed by atoms with Crippen LogP contribution in [0.25, 0.3) is 22.2 Å². The Labute approximate surface area is 113 Å². The Hall–Kier alpha value is -1.95. The first-order valence-corrected chi connectivity index (χ1v) is 7.02. The molecule has 0 saturated heterocycles. The average Bonchev–Trinajstić information content (AvgIpc) is 2.42. The Morgan fingerprint density at radius 2 is 2.00 bits per heavy atom. The highest BCUT2D eigenvalue weighted by molar-refractivity contribution is 7.98. The fraction of sp³-hybridized carbons (Fsp3) is 0.231. The van der Waals surface area contributed by atoms with Crippen molar-refractivity contribution in [1.82, 2.24) is 19.7 Å². The minimum absolute atomic E-state index is 0.156. The van der Waals surface area contributed by atoms with Gasteiger partial charge in [0.15, 0.2) is 11.2 Å². The summed E-state index contributed by atoms with van der Waals surface area (Å²) in [6, 6.07) is 5.85. The predicted molar refractivity (Wildman–Crippen MR) is 76.6 cm³/mol. The molecule has 2 aromatic heterocycles. The van der Waals surface area contributed by atoms with E-state index in [0.29, 0.717) is 16.9 Å². The van der Waals surface area contributed by atoms with E-state index in [1.807, 2.05) is 24.5 Å². The number of nitrogens with zero attached hydrogens (tertiary/aromatic N) is 4. The molecular weight excluding hydrogens is 260 g/mol. The Bertz CT molecular complexity index is 856. The molecule has 1 aromatic carbocycles. The van der Waals surface area contributed by atoms with Crippen LogP contribution in [-0.2, 0) is 7.05 Å². The maximum atomic E-state index is 12.1. The van der Waals surface area contributed by atoms with Crippen molar-refractivity contribution in [2.24, 2.45) is 7.05 Å². The first-order chi connectivity index (χ1) is 9.10. The van der Waals surface area contributed by atoms with E-state index in [0.717, 1.165) is 15.9 Å². The lowest BCUT2D eigenvalue weighted by molar-refractivity contribution is 0.743. The summed E-state index contributed by atoms with van der Waals surface area (Å²) in [5, 5.41) is 4.14. The lowest BCUT2D eigenvalue weighted by atomic mass is 10.3. The zero-order valence-corrected chi connectivity index (χ0v) is 11.7. The molecule has 0 atom stereocenters. The molecule has 0 bridgehead atoms. The molecule has 96 valence electrons. The van der Waals surface area contributed by atoms with Crippen LogP contribution in [0.15, 0.2) is 27.9 Å². The van der Waals surface area contributed by atoms with Crippen molar-refractivity contribution in [3.8, 4) is 0 Å². The van der Waals surface area contributed by atoms with Crippen LogP contribution >= 0.6 is 11.8 Å². The van der Waals surface area contributed by atoms with Gasteiger partial charge in [-0.3, -0.25) is 4.79 Å². The van der Waals surface area contributed by atoms with Gasteiger partial charge < -0.3 is 0 Å². The Morgan fingerprint density at radius 3 is 2.74 bits per heavy atom. The molecule has 0 aliphatic carbocycles. The summed E-state index contributed by atoms with van der Waals surface area (Å²) >= 11 is 1.64. The summed E-state index contributed by atoms with van der Waals surface area (Å²) in [5.41, 5.74) is 2.68. The Kier molecular flexibility index (Phi) is 2.74. The van der Waals surface area contributed by atoms with Crippen molar-refractivity contribution in [2.75, 3.05) is 6.26 Å². The third kappa shape index (κ3) is 1.88. The smallest absolute Gasteiger partial charge is 0.230 e. The second-order valence-corrected chi connectivity index (χ2v) is 5.17. The van der Waals surface area contributed by atoms with Crippen molar-refractivity contribution in [2.45, 2.75) is 11.8 Å². The molecule has 6 heteroatoms. The van der Waals surface area contributed by atoms with Crippen LogP contribution in [0.4, 0.5) is 0 Å². The first kappa shape index (κ1) is 12.1. The number of rotatable bonds is 1.